The van der Waals surface area contributed by atoms with E-state index < -0.39 is 22.8 Å². The molecule has 1 aliphatic rings. The van der Waals surface area contributed by atoms with Crippen LogP contribution in [-0.2, 0) is 15.6 Å². The van der Waals surface area contributed by atoms with Crippen LogP contribution in [0.5, 0.6) is 0 Å². The van der Waals surface area contributed by atoms with Gasteiger partial charge in [0.1, 0.15) is 6.04 Å². The minimum atomic E-state index is -0.986. The van der Waals surface area contributed by atoms with Crippen LogP contribution in [0.15, 0.2) is 0 Å². The third-order valence-corrected chi connectivity index (χ3v) is 4.20. The topological polar surface area (TPSA) is 66.4 Å². The van der Waals surface area contributed by atoms with Crippen molar-refractivity contribution in [2.75, 3.05) is 11.5 Å². The van der Waals surface area contributed by atoms with Crippen LogP contribution in [0.3, 0.4) is 0 Å². The van der Waals surface area contributed by atoms with Crippen molar-refractivity contribution < 1.29 is 14.1 Å². The van der Waals surface area contributed by atoms with Crippen molar-refractivity contribution >= 4 is 16.8 Å². The summed E-state index contributed by atoms with van der Waals surface area (Å²) in [6.07, 6.45) is 0.973. The number of hydrogen-bond acceptors (Lipinski definition) is 3. The van der Waals surface area contributed by atoms with Gasteiger partial charge in [0.2, 0.25) is 0 Å². The number of aliphatic carboxylic acids is 1. The monoisotopic (exact) mass is 219 g/mol. The Hall–Kier alpha value is -0.420. The maximum Gasteiger partial charge on any atom is 0.321 e. The molecule has 0 spiro atoms. The van der Waals surface area contributed by atoms with Gasteiger partial charge in [-0.2, -0.15) is 0 Å². The summed E-state index contributed by atoms with van der Waals surface area (Å²) in [7, 11) is -0.986. The van der Waals surface area contributed by atoms with Gasteiger partial charge in [0.05, 0.1) is 0 Å². The Kier molecular flexibility index (Phi) is 4.07. The van der Waals surface area contributed by atoms with Gasteiger partial charge in [-0.25, -0.2) is 0 Å². The molecule has 0 aromatic heterocycles. The Morgan fingerprint density at radius 3 is 2.79 bits per heavy atom. The Bertz CT molecular complexity index is 244. The second-order valence-electron chi connectivity index (χ2n) is 3.82. The molecular weight excluding hydrogens is 202 g/mol. The van der Waals surface area contributed by atoms with E-state index in [1.54, 1.807) is 0 Å². The fraction of sp³-hybridized carbons (Fsp3) is 0.889. The highest BCUT2D eigenvalue weighted by Crippen LogP contribution is 2.14. The van der Waals surface area contributed by atoms with E-state index in [0.29, 0.717) is 11.7 Å². The Balaban J connectivity index is 2.62. The van der Waals surface area contributed by atoms with E-state index in [1.165, 1.54) is 0 Å². The molecule has 2 N–H and O–H groups in total. The molecule has 1 aliphatic heterocycles. The van der Waals surface area contributed by atoms with Gasteiger partial charge >= 0.3 is 5.97 Å². The van der Waals surface area contributed by atoms with E-state index in [2.05, 4.69) is 19.2 Å². The third kappa shape index (κ3) is 2.78. The second kappa shape index (κ2) is 4.89. The summed E-state index contributed by atoms with van der Waals surface area (Å²) in [5.74, 6) is 0.300. The average molecular weight is 219 g/mol. The first-order valence-electron chi connectivity index (χ1n) is 4.88. The zero-order valence-corrected chi connectivity index (χ0v) is 9.34. The molecule has 0 aliphatic carbocycles. The van der Waals surface area contributed by atoms with Crippen molar-refractivity contribution in [2.45, 2.75) is 32.4 Å². The lowest BCUT2D eigenvalue weighted by molar-refractivity contribution is -0.139. The van der Waals surface area contributed by atoms with Gasteiger partial charge in [-0.3, -0.25) is 14.3 Å². The van der Waals surface area contributed by atoms with Crippen LogP contribution < -0.4 is 5.32 Å². The van der Waals surface area contributed by atoms with Crippen molar-refractivity contribution in [2.24, 2.45) is 5.92 Å². The molecule has 0 aromatic rings. The van der Waals surface area contributed by atoms with E-state index in [-0.39, 0.29) is 11.8 Å². The third-order valence-electron chi connectivity index (χ3n) is 2.76. The summed E-state index contributed by atoms with van der Waals surface area (Å²) in [5.41, 5.74) is 0. The molecule has 1 fully saturated rings. The largest absolute Gasteiger partial charge is 0.480 e. The zero-order chi connectivity index (χ0) is 10.7. The highest BCUT2D eigenvalue weighted by molar-refractivity contribution is 7.85. The number of rotatable bonds is 3. The second-order valence-corrected chi connectivity index (χ2v) is 5.37. The summed E-state index contributed by atoms with van der Waals surface area (Å²) < 4.78 is 11.4. The molecule has 14 heavy (non-hydrogen) atoms. The minimum absolute atomic E-state index is 0.0793. The lowest BCUT2D eigenvalue weighted by Gasteiger charge is -2.31. The summed E-state index contributed by atoms with van der Waals surface area (Å²) in [6.45, 7) is 4.11. The molecule has 5 heteroatoms. The fourth-order valence-electron chi connectivity index (χ4n) is 1.56. The van der Waals surface area contributed by atoms with E-state index in [9.17, 15) is 9.00 Å². The molecule has 4 atom stereocenters. The standard InChI is InChI=1S/C9H17NO3S/c1-3-6(2)7-4-14(13)5-8(10-7)9(11)12/h6-8,10H,3-5H2,1-2H3,(H,11,12). The number of carbonyl (C=O) groups is 1. The van der Waals surface area contributed by atoms with Crippen LogP contribution >= 0.6 is 0 Å². The predicted molar refractivity (Wildman–Crippen MR) is 55.7 cm³/mol. The summed E-state index contributed by atoms with van der Waals surface area (Å²) >= 11 is 0. The number of nitrogens with one attached hydrogen (secondary N) is 1. The summed E-state index contributed by atoms with van der Waals surface area (Å²) in [4.78, 5) is 10.8. The highest BCUT2D eigenvalue weighted by atomic mass is 32.2. The van der Waals surface area contributed by atoms with Gasteiger partial charge in [-0.1, -0.05) is 20.3 Å². The fourth-order valence-corrected chi connectivity index (χ4v) is 3.14. The van der Waals surface area contributed by atoms with Crippen molar-refractivity contribution in [3.8, 4) is 0 Å². The van der Waals surface area contributed by atoms with Gasteiger partial charge < -0.3 is 5.11 Å². The van der Waals surface area contributed by atoms with Crippen molar-refractivity contribution in [1.82, 2.24) is 5.32 Å². The minimum Gasteiger partial charge on any atom is -0.480 e. The normalized spacial score (nSPS) is 35.1. The predicted octanol–water partition coefficient (Wildman–Crippen LogP) is 0.206. The molecule has 1 heterocycles. The van der Waals surface area contributed by atoms with Crippen LogP contribution in [0.4, 0.5) is 0 Å². The average Bonchev–Trinajstić information content (AvgIpc) is 2.15. The van der Waals surface area contributed by atoms with Gasteiger partial charge in [0.25, 0.3) is 0 Å². The van der Waals surface area contributed by atoms with Gasteiger partial charge in [0.15, 0.2) is 0 Å². The van der Waals surface area contributed by atoms with Gasteiger partial charge in [-0.05, 0) is 5.92 Å². The highest BCUT2D eigenvalue weighted by Gasteiger charge is 2.32. The molecule has 0 aromatic carbocycles. The van der Waals surface area contributed by atoms with Gasteiger partial charge in [-0.15, -0.1) is 0 Å². The van der Waals surface area contributed by atoms with E-state index >= 15 is 0 Å². The maximum absolute atomic E-state index is 11.4. The SMILES string of the molecule is CCC(C)C1CS(=O)CC(C(=O)O)N1. The van der Waals surface area contributed by atoms with Crippen LogP contribution in [-0.4, -0.2) is 38.9 Å². The maximum atomic E-state index is 11.4. The molecule has 4 nitrogen and oxygen atoms in total. The summed E-state index contributed by atoms with van der Waals surface area (Å²) in [6, 6.07) is -0.556. The van der Waals surface area contributed by atoms with Gasteiger partial charge in [0, 0.05) is 28.3 Å². The molecule has 82 valence electrons. The van der Waals surface area contributed by atoms with Crippen LogP contribution in [0.25, 0.3) is 0 Å². The van der Waals surface area contributed by atoms with Crippen LogP contribution in [0, 0.1) is 5.92 Å². The van der Waals surface area contributed by atoms with E-state index in [1.807, 2.05) is 0 Å². The van der Waals surface area contributed by atoms with E-state index in [4.69, 9.17) is 5.11 Å². The first-order valence-corrected chi connectivity index (χ1v) is 6.37. The lowest BCUT2D eigenvalue weighted by atomic mass is 10.00. The quantitative estimate of drug-likeness (QED) is 0.712. The number of carboxylic acids is 1. The van der Waals surface area contributed by atoms with Crippen molar-refractivity contribution in [1.29, 1.82) is 0 Å². The number of carboxylic acid groups (broad SMARTS) is 1. The molecule has 0 saturated carbocycles. The molecule has 0 bridgehead atoms. The summed E-state index contributed by atoms with van der Waals surface area (Å²) in [5, 5.41) is 11.9. The molecule has 4 unspecified atom stereocenters. The smallest absolute Gasteiger partial charge is 0.321 e. The first-order chi connectivity index (χ1) is 6.54. The Morgan fingerprint density at radius 2 is 2.29 bits per heavy atom. The van der Waals surface area contributed by atoms with E-state index in [0.717, 1.165) is 6.42 Å². The number of hydrogen-bond donors (Lipinski definition) is 2. The Labute approximate surface area is 86.5 Å². The van der Waals surface area contributed by atoms with Crippen molar-refractivity contribution in [3.05, 3.63) is 0 Å². The molecule has 0 radical (unpaired) electrons. The molecule has 0 amide bonds. The molecule has 1 rings (SSSR count). The first kappa shape index (κ1) is 11.7. The van der Waals surface area contributed by atoms with Crippen molar-refractivity contribution in [3.63, 3.8) is 0 Å². The van der Waals surface area contributed by atoms with Crippen LogP contribution in [0.1, 0.15) is 20.3 Å². The van der Waals surface area contributed by atoms with Crippen LogP contribution in [0.2, 0.25) is 0 Å². The Morgan fingerprint density at radius 1 is 1.64 bits per heavy atom. The zero-order valence-electron chi connectivity index (χ0n) is 8.53. The lowest BCUT2D eigenvalue weighted by Crippen LogP contribution is -2.55. The molecular formula is C9H17NO3S. The molecule has 1 saturated heterocycles.